The number of ether oxygens (including phenoxy) is 3. The molecule has 44 heavy (non-hydrogen) atoms. The van der Waals surface area contributed by atoms with Gasteiger partial charge in [0, 0.05) is 32.7 Å². The van der Waals surface area contributed by atoms with Gasteiger partial charge in [-0.1, -0.05) is 6.07 Å². The largest absolute Gasteiger partial charge is 0.491 e. The number of fused-ring (bicyclic) bond motifs is 1. The van der Waals surface area contributed by atoms with Crippen LogP contribution in [0.2, 0.25) is 0 Å². The molecule has 1 aromatic heterocycles. The first-order valence-electron chi connectivity index (χ1n) is 14.4. The van der Waals surface area contributed by atoms with E-state index in [1.165, 1.54) is 28.7 Å². The first-order chi connectivity index (χ1) is 20.8. The Morgan fingerprint density at radius 2 is 2.00 bits per heavy atom. The molecule has 4 heterocycles. The van der Waals surface area contributed by atoms with Crippen molar-refractivity contribution in [2.45, 2.75) is 53.7 Å². The Balaban J connectivity index is 1.10. The first-order valence-corrected chi connectivity index (χ1v) is 17.5. The lowest BCUT2D eigenvalue weighted by Crippen LogP contribution is -2.47. The summed E-state index contributed by atoms with van der Waals surface area (Å²) in [5.41, 5.74) is 5.91. The van der Waals surface area contributed by atoms with Gasteiger partial charge in [0.2, 0.25) is 21.8 Å². The number of likely N-dealkylation sites (N-methyl/N-ethyl adjacent to an activating group) is 1. The number of aromatic nitrogens is 1. The van der Waals surface area contributed by atoms with Crippen LogP contribution in [-0.4, -0.2) is 114 Å². The summed E-state index contributed by atoms with van der Waals surface area (Å²) in [7, 11) is -5.74. The molecule has 0 bridgehead atoms. The minimum Gasteiger partial charge on any atom is -0.491 e. The lowest BCUT2D eigenvalue weighted by atomic mass is 9.88. The molecular weight excluding hydrogens is 614 g/mol. The van der Waals surface area contributed by atoms with Gasteiger partial charge < -0.3 is 35.3 Å². The van der Waals surface area contributed by atoms with Gasteiger partial charge in [0.1, 0.15) is 41.4 Å². The van der Waals surface area contributed by atoms with E-state index in [-0.39, 0.29) is 34.7 Å². The molecule has 4 N–H and O–H groups in total. The molecule has 3 aliphatic heterocycles. The van der Waals surface area contributed by atoms with E-state index in [0.29, 0.717) is 69.2 Å². The average Bonchev–Trinajstić information content (AvgIpc) is 3.36. The quantitative estimate of drug-likeness (QED) is 0.290. The molecule has 2 atom stereocenters. The van der Waals surface area contributed by atoms with Gasteiger partial charge in [-0.25, -0.2) is 21.8 Å². The van der Waals surface area contributed by atoms with Crippen LogP contribution in [0.25, 0.3) is 0 Å². The molecule has 0 radical (unpaired) electrons. The van der Waals surface area contributed by atoms with Gasteiger partial charge in [-0.15, -0.1) is 0 Å². The molecule has 14 nitrogen and oxygen atoms in total. The lowest BCUT2D eigenvalue weighted by Gasteiger charge is -2.38. The summed E-state index contributed by atoms with van der Waals surface area (Å²) in [5, 5.41) is 13.8. The Bertz CT molecular complexity index is 1590. The van der Waals surface area contributed by atoms with E-state index in [9.17, 15) is 26.7 Å². The van der Waals surface area contributed by atoms with Crippen molar-refractivity contribution >= 4 is 31.5 Å². The van der Waals surface area contributed by atoms with Crippen molar-refractivity contribution in [3.63, 3.8) is 0 Å². The second kappa shape index (κ2) is 12.8. The lowest BCUT2D eigenvalue weighted by molar-refractivity contribution is -0.115. The van der Waals surface area contributed by atoms with Crippen LogP contribution in [0.5, 0.6) is 11.6 Å². The highest BCUT2D eigenvalue weighted by Crippen LogP contribution is 2.40. The number of hydrogen-bond donors (Lipinski definition) is 3. The van der Waals surface area contributed by atoms with E-state index < -0.39 is 43.2 Å². The van der Waals surface area contributed by atoms with Crippen LogP contribution in [0.3, 0.4) is 0 Å². The number of benzene rings is 1. The first kappa shape index (κ1) is 32.4. The van der Waals surface area contributed by atoms with Crippen molar-refractivity contribution < 1.29 is 40.9 Å². The molecule has 16 heteroatoms. The summed E-state index contributed by atoms with van der Waals surface area (Å²) in [6, 6.07) is 5.64. The molecular formula is C28H39N5O9S2. The summed E-state index contributed by atoms with van der Waals surface area (Å²) in [6.45, 7) is 4.15. The molecule has 2 fully saturated rings. The number of aliphatic hydroxyl groups is 1. The highest BCUT2D eigenvalue weighted by molar-refractivity contribution is 7.92. The highest BCUT2D eigenvalue weighted by atomic mass is 32.2. The number of rotatable bonds is 11. The van der Waals surface area contributed by atoms with Crippen LogP contribution in [-0.2, 0) is 29.4 Å². The van der Waals surface area contributed by atoms with Crippen LogP contribution in [0.4, 0.5) is 5.69 Å². The number of sulfone groups is 1. The number of amides is 1. The van der Waals surface area contributed by atoms with Crippen molar-refractivity contribution in [3.05, 3.63) is 36.0 Å². The third-order valence-electron chi connectivity index (χ3n) is 8.32. The van der Waals surface area contributed by atoms with Crippen molar-refractivity contribution in [3.8, 4) is 11.6 Å². The smallest absolute Gasteiger partial charge is 0.244 e. The van der Waals surface area contributed by atoms with Gasteiger partial charge in [-0.05, 0) is 49.9 Å². The molecule has 5 rings (SSSR count). The SMILES string of the molecule is Cc1c(S(=O)(=O)N2CCC3(CC2)C[C@@H](NCC(O)COc2cccc(S(=O)(=O)CC(N)=O)c2)CO3)cnc2c1N(C)CCO2. The minimum absolute atomic E-state index is 0.0299. The zero-order valence-corrected chi connectivity index (χ0v) is 26.4. The van der Waals surface area contributed by atoms with Gasteiger partial charge in [-0.3, -0.25) is 4.79 Å². The number of nitrogens with two attached hydrogens (primary N) is 1. The van der Waals surface area contributed by atoms with Crippen molar-refractivity contribution in [2.75, 3.05) is 63.7 Å². The monoisotopic (exact) mass is 653 g/mol. The van der Waals surface area contributed by atoms with Crippen LogP contribution >= 0.6 is 0 Å². The van der Waals surface area contributed by atoms with Crippen LogP contribution in [0.15, 0.2) is 40.3 Å². The Morgan fingerprint density at radius 1 is 1.25 bits per heavy atom. The van der Waals surface area contributed by atoms with Crippen LogP contribution in [0, 0.1) is 6.92 Å². The number of piperidine rings is 1. The third-order valence-corrected chi connectivity index (χ3v) is 12.0. The zero-order chi connectivity index (χ0) is 31.7. The second-order valence-corrected chi connectivity index (χ2v) is 15.4. The zero-order valence-electron chi connectivity index (χ0n) is 24.8. The maximum absolute atomic E-state index is 13.6. The third kappa shape index (κ3) is 6.94. The van der Waals surface area contributed by atoms with Crippen molar-refractivity contribution in [1.29, 1.82) is 0 Å². The summed E-state index contributed by atoms with van der Waals surface area (Å²) < 4.78 is 70.6. The van der Waals surface area contributed by atoms with Gasteiger partial charge in [-0.2, -0.15) is 4.31 Å². The number of sulfonamides is 1. The molecule has 242 valence electrons. The van der Waals surface area contributed by atoms with Crippen LogP contribution < -0.4 is 25.4 Å². The Kier molecular flexibility index (Phi) is 9.39. The summed E-state index contributed by atoms with van der Waals surface area (Å²) in [6.07, 6.45) is 2.27. The van der Waals surface area contributed by atoms with E-state index in [0.717, 1.165) is 0 Å². The number of carbonyl (C=O) groups excluding carboxylic acids is 1. The van der Waals surface area contributed by atoms with E-state index in [1.54, 1.807) is 13.0 Å². The summed E-state index contributed by atoms with van der Waals surface area (Å²) in [4.78, 5) is 17.4. The number of pyridine rings is 1. The van der Waals surface area contributed by atoms with Crippen molar-refractivity contribution in [2.24, 2.45) is 5.73 Å². The standard InChI is InChI=1S/C28H39N5O9S2/c1-19-24(15-31-27-26(19)32(2)10-11-40-27)44(38,39)33-8-6-28(7-9-33)13-20(16-42-28)30-14-21(34)17-41-22-4-3-5-23(12-22)43(36,37)18-25(29)35/h3-5,12,15,20-21,30,34H,6-11,13-14,16-18H2,1-2H3,(H2,29,35)/t20-,21?/m1/s1. The minimum atomic E-state index is -3.88. The molecule has 0 aliphatic carbocycles. The normalized spacial score (nSPS) is 21.1. The topological polar surface area (TPSA) is 191 Å². The van der Waals surface area contributed by atoms with Gasteiger partial charge in [0.15, 0.2) is 9.84 Å². The van der Waals surface area contributed by atoms with Gasteiger partial charge >= 0.3 is 0 Å². The van der Waals surface area contributed by atoms with E-state index in [1.807, 2.05) is 11.9 Å². The predicted octanol–water partition coefficient (Wildman–Crippen LogP) is -0.181. The molecule has 2 saturated heterocycles. The van der Waals surface area contributed by atoms with Gasteiger partial charge in [0.05, 0.1) is 29.8 Å². The maximum Gasteiger partial charge on any atom is 0.244 e. The number of nitrogens with one attached hydrogen (secondary N) is 1. The molecule has 2 aromatic rings. The molecule has 1 aromatic carbocycles. The number of aliphatic hydroxyl groups excluding tert-OH is 1. The van der Waals surface area contributed by atoms with Crippen LogP contribution in [0.1, 0.15) is 24.8 Å². The van der Waals surface area contributed by atoms with Gasteiger partial charge in [0.25, 0.3) is 0 Å². The summed E-state index contributed by atoms with van der Waals surface area (Å²) in [5.74, 6) is -1.07. The second-order valence-electron chi connectivity index (χ2n) is 11.5. The fourth-order valence-electron chi connectivity index (χ4n) is 5.94. The fourth-order valence-corrected chi connectivity index (χ4v) is 8.67. The molecule has 1 spiro atoms. The maximum atomic E-state index is 13.6. The fraction of sp³-hybridized carbons (Fsp3) is 0.571. The Hall–Kier alpha value is -3.02. The molecule has 1 unspecified atom stereocenters. The Morgan fingerprint density at radius 3 is 2.73 bits per heavy atom. The number of hydrogen-bond acceptors (Lipinski definition) is 12. The number of nitrogens with zero attached hydrogens (tertiary/aromatic N) is 3. The van der Waals surface area contributed by atoms with E-state index in [2.05, 4.69) is 10.3 Å². The number of anilines is 1. The molecule has 1 amide bonds. The average molecular weight is 654 g/mol. The summed E-state index contributed by atoms with van der Waals surface area (Å²) >= 11 is 0. The number of carbonyl (C=O) groups is 1. The number of primary amides is 1. The van der Waals surface area contributed by atoms with Crippen molar-refractivity contribution in [1.82, 2.24) is 14.6 Å². The predicted molar refractivity (Wildman–Crippen MR) is 160 cm³/mol. The molecule has 0 saturated carbocycles. The highest BCUT2D eigenvalue weighted by Gasteiger charge is 2.45. The van der Waals surface area contributed by atoms with E-state index >= 15 is 0 Å². The van der Waals surface area contributed by atoms with E-state index in [4.69, 9.17) is 19.9 Å². The Labute approximate surface area is 257 Å². The molecule has 3 aliphatic rings.